The first-order valence-corrected chi connectivity index (χ1v) is 8.60. The number of carboxylic acid groups (broad SMARTS) is 1. The minimum absolute atomic E-state index is 0.161. The van der Waals surface area contributed by atoms with Crippen LogP contribution in [0.25, 0.3) is 0 Å². The van der Waals surface area contributed by atoms with Crippen molar-refractivity contribution in [1.29, 1.82) is 0 Å². The lowest BCUT2D eigenvalue weighted by atomic mass is 9.95. The molecule has 0 bridgehead atoms. The summed E-state index contributed by atoms with van der Waals surface area (Å²) in [7, 11) is 0. The lowest BCUT2D eigenvalue weighted by Crippen LogP contribution is -2.36. The van der Waals surface area contributed by atoms with E-state index in [2.05, 4.69) is 38.2 Å². The summed E-state index contributed by atoms with van der Waals surface area (Å²) in [5, 5.41) is 12.3. The van der Waals surface area contributed by atoms with Gasteiger partial charge in [0.2, 0.25) is 0 Å². The van der Waals surface area contributed by atoms with Crippen molar-refractivity contribution < 1.29 is 9.90 Å². The van der Waals surface area contributed by atoms with Gasteiger partial charge in [-0.1, -0.05) is 20.8 Å². The number of aliphatic carboxylic acids is 1. The second-order valence-corrected chi connectivity index (χ2v) is 7.72. The molecule has 1 atom stereocenters. The fourth-order valence-electron chi connectivity index (χ4n) is 1.65. The summed E-state index contributed by atoms with van der Waals surface area (Å²) in [6.45, 7) is 7.20. The molecule has 0 aromatic carbocycles. The van der Waals surface area contributed by atoms with E-state index in [1.807, 2.05) is 6.26 Å². The quantitative estimate of drug-likeness (QED) is 0.811. The Morgan fingerprint density at radius 1 is 1.47 bits per heavy atom. The average molecular weight is 301 g/mol. The van der Waals surface area contributed by atoms with E-state index in [9.17, 15) is 4.79 Å². The van der Waals surface area contributed by atoms with E-state index in [1.54, 1.807) is 23.1 Å². The van der Waals surface area contributed by atoms with Crippen molar-refractivity contribution in [2.75, 3.05) is 12.0 Å². The molecule has 0 aliphatic rings. The largest absolute Gasteiger partial charge is 0.480 e. The molecular weight excluding hydrogens is 278 g/mol. The molecule has 0 aliphatic carbocycles. The van der Waals surface area contributed by atoms with Gasteiger partial charge in [0.15, 0.2) is 0 Å². The van der Waals surface area contributed by atoms with Crippen LogP contribution in [-0.4, -0.2) is 29.1 Å². The van der Waals surface area contributed by atoms with E-state index >= 15 is 0 Å². The maximum Gasteiger partial charge on any atom is 0.320 e. The molecule has 0 unspecified atom stereocenters. The van der Waals surface area contributed by atoms with Crippen LogP contribution in [0.5, 0.6) is 0 Å². The van der Waals surface area contributed by atoms with E-state index < -0.39 is 12.0 Å². The fraction of sp³-hybridized carbons (Fsp3) is 0.643. The second kappa shape index (κ2) is 7.31. The Kier molecular flexibility index (Phi) is 6.36. The maximum atomic E-state index is 11.1. The molecule has 2 N–H and O–H groups in total. The Balaban J connectivity index is 2.54. The van der Waals surface area contributed by atoms with Gasteiger partial charge in [-0.25, -0.2) is 0 Å². The molecule has 3 nitrogen and oxygen atoms in total. The number of rotatable bonds is 7. The Morgan fingerprint density at radius 3 is 2.63 bits per heavy atom. The lowest BCUT2D eigenvalue weighted by molar-refractivity contribution is -0.139. The Bertz CT molecular complexity index is 410. The van der Waals surface area contributed by atoms with Crippen molar-refractivity contribution in [3.8, 4) is 0 Å². The molecule has 0 radical (unpaired) electrons. The molecular formula is C14H23NO2S2. The number of carbonyl (C=O) groups is 1. The lowest BCUT2D eigenvalue weighted by Gasteiger charge is -2.15. The highest BCUT2D eigenvalue weighted by Gasteiger charge is 2.18. The van der Waals surface area contributed by atoms with E-state index in [1.165, 1.54) is 9.75 Å². The van der Waals surface area contributed by atoms with Gasteiger partial charge in [0, 0.05) is 16.3 Å². The van der Waals surface area contributed by atoms with E-state index in [-0.39, 0.29) is 5.41 Å². The number of thiophene rings is 1. The zero-order valence-electron chi connectivity index (χ0n) is 12.0. The van der Waals surface area contributed by atoms with Gasteiger partial charge in [-0.15, -0.1) is 11.3 Å². The van der Waals surface area contributed by atoms with Gasteiger partial charge in [-0.05, 0) is 36.0 Å². The standard InChI is InChI=1S/C14H23NO2S2/c1-14(2,3)12-6-5-10(19-12)9-15-11(13(16)17)7-8-18-4/h5-6,11,15H,7-9H2,1-4H3,(H,16,17)/t11-/m0/s1. The molecule has 0 saturated carbocycles. The minimum Gasteiger partial charge on any atom is -0.480 e. The molecule has 1 aromatic heterocycles. The molecule has 5 heteroatoms. The summed E-state index contributed by atoms with van der Waals surface area (Å²) in [6.07, 6.45) is 2.65. The third kappa shape index (κ3) is 5.55. The molecule has 19 heavy (non-hydrogen) atoms. The smallest absolute Gasteiger partial charge is 0.320 e. The Hall–Kier alpha value is -0.520. The molecule has 108 valence electrons. The van der Waals surface area contributed by atoms with Crippen molar-refractivity contribution in [3.63, 3.8) is 0 Å². The molecule has 0 aliphatic heterocycles. The van der Waals surface area contributed by atoms with Crippen molar-refractivity contribution in [1.82, 2.24) is 5.32 Å². The van der Waals surface area contributed by atoms with Gasteiger partial charge in [0.1, 0.15) is 6.04 Å². The third-order valence-corrected chi connectivity index (χ3v) is 4.99. The van der Waals surface area contributed by atoms with E-state index in [0.717, 1.165) is 5.75 Å². The highest BCUT2D eigenvalue weighted by atomic mass is 32.2. The normalized spacial score (nSPS) is 13.5. The molecule has 1 heterocycles. The second-order valence-electron chi connectivity index (χ2n) is 5.57. The van der Waals surface area contributed by atoms with Crippen LogP contribution in [0.2, 0.25) is 0 Å². The van der Waals surface area contributed by atoms with Crippen LogP contribution in [0, 0.1) is 0 Å². The molecule has 0 saturated heterocycles. The van der Waals surface area contributed by atoms with Crippen molar-refractivity contribution in [2.24, 2.45) is 0 Å². The van der Waals surface area contributed by atoms with Gasteiger partial charge in [0.25, 0.3) is 0 Å². The van der Waals surface area contributed by atoms with Crippen molar-refractivity contribution >= 4 is 29.1 Å². The summed E-state index contributed by atoms with van der Waals surface area (Å²) in [6, 6.07) is 3.78. The third-order valence-electron chi connectivity index (χ3n) is 2.83. The molecule has 0 amide bonds. The number of thioether (sulfide) groups is 1. The van der Waals surface area contributed by atoms with Crippen LogP contribution in [0.3, 0.4) is 0 Å². The molecule has 0 spiro atoms. The fourth-order valence-corrected chi connectivity index (χ4v) is 3.14. The van der Waals surface area contributed by atoms with Crippen LogP contribution >= 0.6 is 23.1 Å². The predicted octanol–water partition coefficient (Wildman–Crippen LogP) is 3.34. The molecule has 0 fully saturated rings. The van der Waals surface area contributed by atoms with Crippen LogP contribution in [0.1, 0.15) is 36.9 Å². The average Bonchev–Trinajstić information content (AvgIpc) is 2.77. The van der Waals surface area contributed by atoms with E-state index in [0.29, 0.717) is 13.0 Å². The predicted molar refractivity (Wildman–Crippen MR) is 84.3 cm³/mol. The highest BCUT2D eigenvalue weighted by molar-refractivity contribution is 7.98. The Labute approximate surface area is 123 Å². The Morgan fingerprint density at radius 2 is 2.16 bits per heavy atom. The first-order valence-electron chi connectivity index (χ1n) is 6.39. The SMILES string of the molecule is CSCC[C@H](NCc1ccc(C(C)(C)C)s1)C(=O)O. The topological polar surface area (TPSA) is 49.3 Å². The highest BCUT2D eigenvalue weighted by Crippen LogP contribution is 2.29. The van der Waals surface area contributed by atoms with Gasteiger partial charge < -0.3 is 5.11 Å². The first kappa shape index (κ1) is 16.5. The van der Waals surface area contributed by atoms with Crippen LogP contribution < -0.4 is 5.32 Å². The zero-order chi connectivity index (χ0) is 14.5. The van der Waals surface area contributed by atoms with Gasteiger partial charge in [-0.3, -0.25) is 10.1 Å². The van der Waals surface area contributed by atoms with Gasteiger partial charge in [0.05, 0.1) is 0 Å². The maximum absolute atomic E-state index is 11.1. The summed E-state index contributed by atoms with van der Waals surface area (Å²) in [5.74, 6) is 0.100. The zero-order valence-corrected chi connectivity index (χ0v) is 13.7. The number of nitrogens with one attached hydrogen (secondary N) is 1. The number of hydrogen-bond acceptors (Lipinski definition) is 4. The van der Waals surface area contributed by atoms with Crippen LogP contribution in [0.4, 0.5) is 0 Å². The summed E-state index contributed by atoms with van der Waals surface area (Å²) < 4.78 is 0. The number of hydrogen-bond donors (Lipinski definition) is 2. The van der Waals surface area contributed by atoms with Gasteiger partial charge >= 0.3 is 5.97 Å². The van der Waals surface area contributed by atoms with Gasteiger partial charge in [-0.2, -0.15) is 11.8 Å². The summed E-state index contributed by atoms with van der Waals surface area (Å²) >= 11 is 3.43. The minimum atomic E-state index is -0.762. The summed E-state index contributed by atoms with van der Waals surface area (Å²) in [5.41, 5.74) is 0.161. The summed E-state index contributed by atoms with van der Waals surface area (Å²) in [4.78, 5) is 13.7. The molecule has 1 aromatic rings. The van der Waals surface area contributed by atoms with Crippen LogP contribution in [0.15, 0.2) is 12.1 Å². The molecule has 1 rings (SSSR count). The van der Waals surface area contributed by atoms with Crippen molar-refractivity contribution in [2.45, 2.75) is 45.2 Å². The van der Waals surface area contributed by atoms with Crippen molar-refractivity contribution in [3.05, 3.63) is 21.9 Å². The van der Waals surface area contributed by atoms with E-state index in [4.69, 9.17) is 5.11 Å². The monoisotopic (exact) mass is 301 g/mol. The van der Waals surface area contributed by atoms with Crippen LogP contribution in [-0.2, 0) is 16.8 Å². The number of carboxylic acids is 1. The first-order chi connectivity index (χ1) is 8.84.